The van der Waals surface area contributed by atoms with Crippen molar-refractivity contribution >= 4 is 34.8 Å². The molecule has 6 heteroatoms. The SMILES string of the molecule is O=C(Nc1ccc(Cl)cc1)c1cn(-c2ccccc2)nc1-c1ccc(Cl)cc1. The third-order valence-electron chi connectivity index (χ3n) is 4.20. The molecule has 0 bridgehead atoms. The van der Waals surface area contributed by atoms with E-state index in [2.05, 4.69) is 10.4 Å². The van der Waals surface area contributed by atoms with Gasteiger partial charge >= 0.3 is 0 Å². The number of nitrogens with one attached hydrogen (secondary N) is 1. The molecular formula is C22H15Cl2N3O. The van der Waals surface area contributed by atoms with Gasteiger partial charge in [-0.05, 0) is 48.5 Å². The zero-order valence-electron chi connectivity index (χ0n) is 14.6. The second kappa shape index (κ2) is 7.89. The molecule has 0 aliphatic rings. The molecule has 4 rings (SSSR count). The minimum atomic E-state index is -0.255. The molecule has 0 unspecified atom stereocenters. The second-order valence-corrected chi connectivity index (χ2v) is 7.01. The first kappa shape index (κ1) is 18.3. The Bertz CT molecular complexity index is 1100. The van der Waals surface area contributed by atoms with Crippen molar-refractivity contribution in [2.24, 2.45) is 0 Å². The first-order chi connectivity index (χ1) is 13.6. The first-order valence-electron chi connectivity index (χ1n) is 8.58. The Labute approximate surface area is 172 Å². The molecule has 0 spiro atoms. The highest BCUT2D eigenvalue weighted by molar-refractivity contribution is 6.31. The predicted octanol–water partition coefficient (Wildman–Crippen LogP) is 6.10. The number of rotatable bonds is 4. The summed E-state index contributed by atoms with van der Waals surface area (Å²) >= 11 is 11.9. The van der Waals surface area contributed by atoms with E-state index in [9.17, 15) is 4.79 Å². The lowest BCUT2D eigenvalue weighted by Crippen LogP contribution is -2.12. The van der Waals surface area contributed by atoms with Crippen LogP contribution in [0.15, 0.2) is 85.1 Å². The minimum absolute atomic E-state index is 0.255. The number of anilines is 1. The van der Waals surface area contributed by atoms with Gasteiger partial charge in [0.25, 0.3) is 5.91 Å². The highest BCUT2D eigenvalue weighted by Gasteiger charge is 2.19. The third kappa shape index (κ3) is 3.93. The van der Waals surface area contributed by atoms with Gasteiger partial charge in [0.15, 0.2) is 0 Å². The molecule has 1 N–H and O–H groups in total. The fraction of sp³-hybridized carbons (Fsp3) is 0. The van der Waals surface area contributed by atoms with Crippen molar-refractivity contribution in [1.82, 2.24) is 9.78 Å². The van der Waals surface area contributed by atoms with Crippen LogP contribution in [0.1, 0.15) is 10.4 Å². The van der Waals surface area contributed by atoms with Gasteiger partial charge in [0.2, 0.25) is 0 Å². The largest absolute Gasteiger partial charge is 0.322 e. The van der Waals surface area contributed by atoms with Crippen LogP contribution in [0.4, 0.5) is 5.69 Å². The molecule has 0 radical (unpaired) electrons. The molecule has 0 fully saturated rings. The average molecular weight is 408 g/mol. The van der Waals surface area contributed by atoms with Crippen LogP contribution in [-0.4, -0.2) is 15.7 Å². The van der Waals surface area contributed by atoms with Gasteiger partial charge in [0, 0.05) is 27.5 Å². The van der Waals surface area contributed by atoms with Gasteiger partial charge in [-0.15, -0.1) is 0 Å². The Hall–Kier alpha value is -3.08. The lowest BCUT2D eigenvalue weighted by atomic mass is 10.1. The summed E-state index contributed by atoms with van der Waals surface area (Å²) in [5.74, 6) is -0.255. The molecule has 0 aliphatic carbocycles. The van der Waals surface area contributed by atoms with E-state index < -0.39 is 0 Å². The standard InChI is InChI=1S/C22H15Cl2N3O/c23-16-8-6-15(7-9-16)21-20(14-27(26-21)19-4-2-1-3-5-19)22(28)25-18-12-10-17(24)11-13-18/h1-14H,(H,25,28). The number of benzene rings is 3. The summed E-state index contributed by atoms with van der Waals surface area (Å²) in [4.78, 5) is 13.0. The zero-order valence-corrected chi connectivity index (χ0v) is 16.2. The molecule has 0 saturated heterocycles. The van der Waals surface area contributed by atoms with Gasteiger partial charge in [-0.25, -0.2) is 4.68 Å². The average Bonchev–Trinajstić information content (AvgIpc) is 3.17. The number of halogens is 2. The molecule has 28 heavy (non-hydrogen) atoms. The lowest BCUT2D eigenvalue weighted by molar-refractivity contribution is 0.102. The van der Waals surface area contributed by atoms with Crippen molar-refractivity contribution in [2.75, 3.05) is 5.32 Å². The smallest absolute Gasteiger partial charge is 0.259 e. The van der Waals surface area contributed by atoms with Crippen LogP contribution in [0.2, 0.25) is 10.0 Å². The number of nitrogens with zero attached hydrogens (tertiary/aromatic N) is 2. The monoisotopic (exact) mass is 407 g/mol. The molecule has 3 aromatic carbocycles. The lowest BCUT2D eigenvalue weighted by Gasteiger charge is -2.05. The van der Waals surface area contributed by atoms with Crippen LogP contribution >= 0.6 is 23.2 Å². The predicted molar refractivity (Wildman–Crippen MR) is 113 cm³/mol. The first-order valence-corrected chi connectivity index (χ1v) is 9.34. The van der Waals surface area contributed by atoms with Gasteiger partial charge in [0.1, 0.15) is 5.69 Å². The highest BCUT2D eigenvalue weighted by Crippen LogP contribution is 2.26. The minimum Gasteiger partial charge on any atom is -0.322 e. The van der Waals surface area contributed by atoms with Crippen molar-refractivity contribution in [3.8, 4) is 16.9 Å². The Balaban J connectivity index is 1.75. The van der Waals surface area contributed by atoms with Crippen LogP contribution in [0, 0.1) is 0 Å². The topological polar surface area (TPSA) is 46.9 Å². The van der Waals surface area contributed by atoms with Gasteiger partial charge in [-0.1, -0.05) is 53.5 Å². The maximum atomic E-state index is 13.0. The van der Waals surface area contributed by atoms with Crippen molar-refractivity contribution in [3.05, 3.63) is 101 Å². The molecule has 4 nitrogen and oxygen atoms in total. The summed E-state index contributed by atoms with van der Waals surface area (Å²) in [6, 6.07) is 23.8. The van der Waals surface area contributed by atoms with E-state index >= 15 is 0 Å². The van der Waals surface area contributed by atoms with Crippen LogP contribution in [0.25, 0.3) is 16.9 Å². The van der Waals surface area contributed by atoms with E-state index in [1.807, 2.05) is 42.5 Å². The quantitative estimate of drug-likeness (QED) is 0.444. The van der Waals surface area contributed by atoms with Crippen molar-refractivity contribution in [2.45, 2.75) is 0 Å². The molecule has 0 atom stereocenters. The number of carbonyl (C=O) groups excluding carboxylic acids is 1. The Morgan fingerprint density at radius 3 is 2.07 bits per heavy atom. The van der Waals surface area contributed by atoms with E-state index in [4.69, 9.17) is 23.2 Å². The normalized spacial score (nSPS) is 10.6. The van der Waals surface area contributed by atoms with Gasteiger partial charge in [-0.2, -0.15) is 5.10 Å². The number of hydrogen-bond donors (Lipinski definition) is 1. The summed E-state index contributed by atoms with van der Waals surface area (Å²) in [7, 11) is 0. The summed E-state index contributed by atoms with van der Waals surface area (Å²) < 4.78 is 1.70. The van der Waals surface area contributed by atoms with Gasteiger partial charge in [-0.3, -0.25) is 4.79 Å². The fourth-order valence-corrected chi connectivity index (χ4v) is 3.06. The Kier molecular flexibility index (Phi) is 5.15. The molecular weight excluding hydrogens is 393 g/mol. The molecule has 0 saturated carbocycles. The second-order valence-electron chi connectivity index (χ2n) is 6.14. The van der Waals surface area contributed by atoms with Crippen LogP contribution < -0.4 is 5.32 Å². The number of para-hydroxylation sites is 1. The van der Waals surface area contributed by atoms with Crippen molar-refractivity contribution < 1.29 is 4.79 Å². The third-order valence-corrected chi connectivity index (χ3v) is 4.70. The van der Waals surface area contributed by atoms with E-state index in [0.29, 0.717) is 27.0 Å². The summed E-state index contributed by atoms with van der Waals surface area (Å²) in [6.45, 7) is 0. The van der Waals surface area contributed by atoms with Gasteiger partial charge in [0.05, 0.1) is 11.3 Å². The molecule has 1 aromatic heterocycles. The summed E-state index contributed by atoms with van der Waals surface area (Å²) in [6.07, 6.45) is 1.73. The Morgan fingerprint density at radius 1 is 0.821 bits per heavy atom. The maximum Gasteiger partial charge on any atom is 0.259 e. The maximum absolute atomic E-state index is 13.0. The fourth-order valence-electron chi connectivity index (χ4n) is 2.81. The van der Waals surface area contributed by atoms with Crippen molar-refractivity contribution in [3.63, 3.8) is 0 Å². The van der Waals surface area contributed by atoms with Crippen LogP contribution in [0.5, 0.6) is 0 Å². The van der Waals surface area contributed by atoms with Gasteiger partial charge < -0.3 is 5.32 Å². The number of amides is 1. The molecule has 0 aliphatic heterocycles. The highest BCUT2D eigenvalue weighted by atomic mass is 35.5. The molecule has 1 heterocycles. The van der Waals surface area contributed by atoms with Crippen LogP contribution in [0.3, 0.4) is 0 Å². The zero-order chi connectivity index (χ0) is 19.5. The number of carbonyl (C=O) groups is 1. The van der Waals surface area contributed by atoms with E-state index in [1.165, 1.54) is 0 Å². The summed E-state index contributed by atoms with van der Waals surface area (Å²) in [5, 5.41) is 8.78. The van der Waals surface area contributed by atoms with E-state index in [1.54, 1.807) is 47.3 Å². The Morgan fingerprint density at radius 2 is 1.43 bits per heavy atom. The molecule has 138 valence electrons. The van der Waals surface area contributed by atoms with Crippen molar-refractivity contribution in [1.29, 1.82) is 0 Å². The number of aromatic nitrogens is 2. The molecule has 4 aromatic rings. The van der Waals surface area contributed by atoms with E-state index in [0.717, 1.165) is 11.3 Å². The van der Waals surface area contributed by atoms with Crippen LogP contribution in [-0.2, 0) is 0 Å². The van der Waals surface area contributed by atoms with E-state index in [-0.39, 0.29) is 5.91 Å². The number of hydrogen-bond acceptors (Lipinski definition) is 2. The molecule has 1 amide bonds. The summed E-state index contributed by atoms with van der Waals surface area (Å²) in [5.41, 5.74) is 3.36.